The standard InChI is InChI=1S/C17H31N3O/c1-5-6-15-7-9-16(10-8-15)19-17-18-13(2)11-20(17)14(3)12-21-4/h11,14-16H,5-10,12H2,1-4H3,(H,18,19). The molecule has 0 aliphatic heterocycles. The van der Waals surface area contributed by atoms with Crippen LogP contribution in [0, 0.1) is 12.8 Å². The highest BCUT2D eigenvalue weighted by atomic mass is 16.5. The lowest BCUT2D eigenvalue weighted by atomic mass is 9.83. The molecular weight excluding hydrogens is 262 g/mol. The summed E-state index contributed by atoms with van der Waals surface area (Å²) in [5, 5.41) is 3.67. The van der Waals surface area contributed by atoms with Crippen LogP contribution in [0.3, 0.4) is 0 Å². The SMILES string of the molecule is CCCC1CCC(Nc2nc(C)cn2C(C)COC)CC1. The zero-order chi connectivity index (χ0) is 15.2. The molecule has 0 saturated heterocycles. The number of hydrogen-bond donors (Lipinski definition) is 1. The molecule has 4 nitrogen and oxygen atoms in total. The number of methoxy groups -OCH3 is 1. The van der Waals surface area contributed by atoms with Gasteiger partial charge in [0.25, 0.3) is 0 Å². The van der Waals surface area contributed by atoms with Gasteiger partial charge in [-0.3, -0.25) is 0 Å². The molecule has 1 unspecified atom stereocenters. The topological polar surface area (TPSA) is 39.1 Å². The molecular formula is C17H31N3O. The minimum absolute atomic E-state index is 0.315. The number of anilines is 1. The van der Waals surface area contributed by atoms with Crippen molar-refractivity contribution in [2.24, 2.45) is 5.92 Å². The van der Waals surface area contributed by atoms with E-state index in [-0.39, 0.29) is 0 Å². The van der Waals surface area contributed by atoms with Crippen molar-refractivity contribution >= 4 is 5.95 Å². The van der Waals surface area contributed by atoms with Gasteiger partial charge < -0.3 is 14.6 Å². The highest BCUT2D eigenvalue weighted by Crippen LogP contribution is 2.29. The lowest BCUT2D eigenvalue weighted by molar-refractivity contribution is 0.163. The first-order chi connectivity index (χ1) is 10.1. The van der Waals surface area contributed by atoms with Crippen LogP contribution in [0.4, 0.5) is 5.95 Å². The minimum Gasteiger partial charge on any atom is -0.383 e. The summed E-state index contributed by atoms with van der Waals surface area (Å²) in [4.78, 5) is 4.66. The maximum absolute atomic E-state index is 5.28. The molecule has 0 amide bonds. The Bertz CT molecular complexity index is 422. The van der Waals surface area contributed by atoms with Gasteiger partial charge in [0.05, 0.1) is 18.3 Å². The van der Waals surface area contributed by atoms with Crippen LogP contribution in [0.2, 0.25) is 0 Å². The van der Waals surface area contributed by atoms with Crippen molar-refractivity contribution in [1.29, 1.82) is 0 Å². The molecule has 120 valence electrons. The van der Waals surface area contributed by atoms with E-state index >= 15 is 0 Å². The first-order valence-corrected chi connectivity index (χ1v) is 8.45. The maximum Gasteiger partial charge on any atom is 0.203 e. The number of aromatic nitrogens is 2. The molecule has 0 spiro atoms. The highest BCUT2D eigenvalue weighted by molar-refractivity contribution is 5.31. The van der Waals surface area contributed by atoms with Crippen LogP contribution in [0.15, 0.2) is 6.20 Å². The van der Waals surface area contributed by atoms with Gasteiger partial charge in [-0.1, -0.05) is 19.8 Å². The van der Waals surface area contributed by atoms with E-state index in [9.17, 15) is 0 Å². The predicted molar refractivity (Wildman–Crippen MR) is 87.8 cm³/mol. The molecule has 4 heteroatoms. The molecule has 1 atom stereocenters. The highest BCUT2D eigenvalue weighted by Gasteiger charge is 2.22. The van der Waals surface area contributed by atoms with Crippen LogP contribution < -0.4 is 5.32 Å². The van der Waals surface area contributed by atoms with Crippen LogP contribution in [0.1, 0.15) is 64.1 Å². The zero-order valence-corrected chi connectivity index (χ0v) is 14.1. The number of hydrogen-bond acceptors (Lipinski definition) is 3. The van der Waals surface area contributed by atoms with E-state index in [4.69, 9.17) is 4.74 Å². The summed E-state index contributed by atoms with van der Waals surface area (Å²) in [6.07, 6.45) is 10.1. The molecule has 1 fully saturated rings. The quantitative estimate of drug-likeness (QED) is 0.820. The number of rotatable bonds is 7. The second kappa shape index (κ2) is 7.83. The second-order valence-electron chi connectivity index (χ2n) is 6.57. The molecule has 0 radical (unpaired) electrons. The van der Waals surface area contributed by atoms with Crippen molar-refractivity contribution in [1.82, 2.24) is 9.55 Å². The van der Waals surface area contributed by atoms with E-state index in [1.54, 1.807) is 7.11 Å². The fraction of sp³-hybridized carbons (Fsp3) is 0.824. The van der Waals surface area contributed by atoms with Crippen molar-refractivity contribution in [2.75, 3.05) is 19.0 Å². The van der Waals surface area contributed by atoms with E-state index in [0.29, 0.717) is 18.7 Å². The van der Waals surface area contributed by atoms with Crippen molar-refractivity contribution < 1.29 is 4.74 Å². The first-order valence-electron chi connectivity index (χ1n) is 8.45. The summed E-state index contributed by atoms with van der Waals surface area (Å²) in [7, 11) is 1.75. The van der Waals surface area contributed by atoms with Gasteiger partial charge in [0.15, 0.2) is 0 Å². The Labute approximate surface area is 129 Å². The van der Waals surface area contributed by atoms with Gasteiger partial charge >= 0.3 is 0 Å². The normalized spacial score (nSPS) is 24.0. The van der Waals surface area contributed by atoms with E-state index in [1.165, 1.54) is 38.5 Å². The van der Waals surface area contributed by atoms with Gasteiger partial charge in [-0.15, -0.1) is 0 Å². The van der Waals surface area contributed by atoms with Gasteiger partial charge in [0, 0.05) is 19.3 Å². The molecule has 1 aliphatic carbocycles. The van der Waals surface area contributed by atoms with Crippen molar-refractivity contribution in [3.63, 3.8) is 0 Å². The summed E-state index contributed by atoms with van der Waals surface area (Å²) >= 11 is 0. The molecule has 1 aliphatic rings. The first kappa shape index (κ1) is 16.3. The lowest BCUT2D eigenvalue weighted by Crippen LogP contribution is -2.28. The Morgan fingerprint density at radius 2 is 2.10 bits per heavy atom. The summed E-state index contributed by atoms with van der Waals surface area (Å²) in [5.41, 5.74) is 1.07. The number of nitrogens with zero attached hydrogens (tertiary/aromatic N) is 2. The summed E-state index contributed by atoms with van der Waals surface area (Å²) < 4.78 is 7.50. The van der Waals surface area contributed by atoms with E-state index in [0.717, 1.165) is 17.6 Å². The summed E-state index contributed by atoms with van der Waals surface area (Å²) in [6, 6.07) is 0.892. The van der Waals surface area contributed by atoms with Crippen LogP contribution in [-0.4, -0.2) is 29.3 Å². The Morgan fingerprint density at radius 1 is 1.38 bits per heavy atom. The number of aryl methyl sites for hydroxylation is 1. The summed E-state index contributed by atoms with van der Waals surface area (Å²) in [6.45, 7) is 7.24. The molecule has 1 aromatic heterocycles. The van der Waals surface area contributed by atoms with Gasteiger partial charge in [-0.2, -0.15) is 0 Å². The van der Waals surface area contributed by atoms with Gasteiger partial charge in [-0.05, 0) is 45.4 Å². The fourth-order valence-electron chi connectivity index (χ4n) is 3.47. The van der Waals surface area contributed by atoms with E-state index < -0.39 is 0 Å². The zero-order valence-electron chi connectivity index (χ0n) is 14.1. The fourth-order valence-corrected chi connectivity index (χ4v) is 3.47. The third-order valence-corrected chi connectivity index (χ3v) is 4.61. The van der Waals surface area contributed by atoms with E-state index in [1.807, 2.05) is 0 Å². The second-order valence-corrected chi connectivity index (χ2v) is 6.57. The van der Waals surface area contributed by atoms with Crippen LogP contribution in [0.5, 0.6) is 0 Å². The van der Waals surface area contributed by atoms with Crippen molar-refractivity contribution in [2.45, 2.75) is 71.4 Å². The maximum atomic E-state index is 5.28. The Balaban J connectivity index is 1.94. The predicted octanol–water partition coefficient (Wildman–Crippen LogP) is 4.17. The van der Waals surface area contributed by atoms with Crippen LogP contribution in [-0.2, 0) is 4.74 Å². The lowest BCUT2D eigenvalue weighted by Gasteiger charge is -2.29. The Kier molecular flexibility index (Phi) is 6.09. The Morgan fingerprint density at radius 3 is 2.71 bits per heavy atom. The van der Waals surface area contributed by atoms with E-state index in [2.05, 4.69) is 41.8 Å². The molecule has 21 heavy (non-hydrogen) atoms. The third-order valence-electron chi connectivity index (χ3n) is 4.61. The third kappa shape index (κ3) is 4.47. The van der Waals surface area contributed by atoms with Gasteiger partial charge in [0.1, 0.15) is 0 Å². The Hall–Kier alpha value is -1.03. The number of imidazole rings is 1. The van der Waals surface area contributed by atoms with Gasteiger partial charge in [-0.25, -0.2) is 4.98 Å². The van der Waals surface area contributed by atoms with Crippen molar-refractivity contribution in [3.05, 3.63) is 11.9 Å². The van der Waals surface area contributed by atoms with Gasteiger partial charge in [0.2, 0.25) is 5.95 Å². The molecule has 0 aromatic carbocycles. The molecule has 1 aromatic rings. The molecule has 1 N–H and O–H groups in total. The largest absolute Gasteiger partial charge is 0.383 e. The average Bonchev–Trinajstić information content (AvgIpc) is 2.82. The van der Waals surface area contributed by atoms with Crippen molar-refractivity contribution in [3.8, 4) is 0 Å². The minimum atomic E-state index is 0.315. The monoisotopic (exact) mass is 293 g/mol. The van der Waals surface area contributed by atoms with Crippen LogP contribution >= 0.6 is 0 Å². The number of nitrogens with one attached hydrogen (secondary N) is 1. The van der Waals surface area contributed by atoms with Crippen LogP contribution in [0.25, 0.3) is 0 Å². The number of ether oxygens (including phenoxy) is 1. The smallest absolute Gasteiger partial charge is 0.203 e. The summed E-state index contributed by atoms with van der Waals surface area (Å²) in [5.74, 6) is 1.96. The molecule has 1 saturated carbocycles. The molecule has 0 bridgehead atoms. The molecule has 1 heterocycles. The molecule has 2 rings (SSSR count). The average molecular weight is 293 g/mol.